The van der Waals surface area contributed by atoms with Crippen LogP contribution in [0.3, 0.4) is 0 Å². The van der Waals surface area contributed by atoms with Crippen molar-refractivity contribution in [2.45, 2.75) is 32.2 Å². The molecule has 7 heteroatoms. The standard InChI is InChI=1S/C18H31FN6/c1-4-5-11-24(3)13-10-22-18(20-2)23-15-8-12-25(14-15)17-16(19)7-6-9-21-17/h6-7,9,15H,4-5,8,10-14H2,1-3H3,(H2,20,22,23). The maximum absolute atomic E-state index is 13.9. The van der Waals surface area contributed by atoms with Crippen molar-refractivity contribution in [3.63, 3.8) is 0 Å². The van der Waals surface area contributed by atoms with Crippen molar-refractivity contribution in [1.82, 2.24) is 20.5 Å². The zero-order valence-electron chi connectivity index (χ0n) is 15.6. The Morgan fingerprint density at radius 3 is 3.04 bits per heavy atom. The molecule has 1 aromatic heterocycles. The molecule has 0 bridgehead atoms. The van der Waals surface area contributed by atoms with Gasteiger partial charge in [-0.25, -0.2) is 9.37 Å². The molecule has 25 heavy (non-hydrogen) atoms. The molecule has 0 spiro atoms. The molecule has 6 nitrogen and oxygen atoms in total. The van der Waals surface area contributed by atoms with Crippen LogP contribution < -0.4 is 15.5 Å². The Morgan fingerprint density at radius 1 is 1.48 bits per heavy atom. The van der Waals surface area contributed by atoms with Crippen LogP contribution in [0.1, 0.15) is 26.2 Å². The summed E-state index contributed by atoms with van der Waals surface area (Å²) in [6.45, 7) is 6.69. The third-order valence-corrected chi connectivity index (χ3v) is 4.47. The number of guanidine groups is 1. The molecule has 1 aliphatic heterocycles. The fraction of sp³-hybridized carbons (Fsp3) is 0.667. The molecule has 0 aliphatic carbocycles. The van der Waals surface area contributed by atoms with E-state index >= 15 is 0 Å². The van der Waals surface area contributed by atoms with Crippen LogP contribution in [-0.4, -0.2) is 68.7 Å². The molecule has 0 aromatic carbocycles. The quantitative estimate of drug-likeness (QED) is 0.552. The van der Waals surface area contributed by atoms with Crippen LogP contribution in [0.25, 0.3) is 0 Å². The lowest BCUT2D eigenvalue weighted by molar-refractivity contribution is 0.332. The highest BCUT2D eigenvalue weighted by molar-refractivity contribution is 5.80. The Hall–Kier alpha value is -1.89. The number of anilines is 1. The number of nitrogens with zero attached hydrogens (tertiary/aromatic N) is 4. The van der Waals surface area contributed by atoms with Crippen LogP contribution in [-0.2, 0) is 0 Å². The largest absolute Gasteiger partial charge is 0.355 e. The molecule has 2 heterocycles. The monoisotopic (exact) mass is 350 g/mol. The van der Waals surface area contributed by atoms with Crippen LogP contribution in [0.15, 0.2) is 23.3 Å². The van der Waals surface area contributed by atoms with Crippen molar-refractivity contribution < 1.29 is 4.39 Å². The smallest absolute Gasteiger partial charge is 0.191 e. The van der Waals surface area contributed by atoms with Gasteiger partial charge in [0.05, 0.1) is 0 Å². The summed E-state index contributed by atoms with van der Waals surface area (Å²) >= 11 is 0. The third-order valence-electron chi connectivity index (χ3n) is 4.47. The van der Waals surface area contributed by atoms with Crippen molar-refractivity contribution in [3.05, 3.63) is 24.1 Å². The third kappa shape index (κ3) is 6.16. The minimum absolute atomic E-state index is 0.241. The number of aromatic nitrogens is 1. The van der Waals surface area contributed by atoms with E-state index < -0.39 is 0 Å². The first kappa shape index (κ1) is 19.4. The Morgan fingerprint density at radius 2 is 2.32 bits per heavy atom. The first-order valence-corrected chi connectivity index (χ1v) is 9.15. The van der Waals surface area contributed by atoms with Gasteiger partial charge in [-0.05, 0) is 38.6 Å². The molecule has 140 valence electrons. The van der Waals surface area contributed by atoms with E-state index in [0.717, 1.165) is 45.1 Å². The Kier molecular flexibility index (Phi) is 7.91. The molecular formula is C18H31FN6. The van der Waals surface area contributed by atoms with Gasteiger partial charge in [-0.2, -0.15) is 0 Å². The average molecular weight is 350 g/mol. The van der Waals surface area contributed by atoms with E-state index in [9.17, 15) is 4.39 Å². The van der Waals surface area contributed by atoms with Gasteiger partial charge in [0.2, 0.25) is 0 Å². The van der Waals surface area contributed by atoms with Crippen molar-refractivity contribution in [2.75, 3.05) is 51.7 Å². The lowest BCUT2D eigenvalue weighted by Crippen LogP contribution is -2.46. The predicted octanol–water partition coefficient (Wildman–Crippen LogP) is 1.70. The Labute approximate surface area is 150 Å². The van der Waals surface area contributed by atoms with Gasteiger partial charge in [-0.3, -0.25) is 4.99 Å². The number of hydrogen-bond acceptors (Lipinski definition) is 4. The maximum atomic E-state index is 13.9. The summed E-state index contributed by atoms with van der Waals surface area (Å²) < 4.78 is 13.9. The van der Waals surface area contributed by atoms with E-state index in [-0.39, 0.29) is 11.9 Å². The molecule has 2 N–H and O–H groups in total. The average Bonchev–Trinajstić information content (AvgIpc) is 3.07. The molecule has 1 fully saturated rings. The Balaban J connectivity index is 1.74. The van der Waals surface area contributed by atoms with Gasteiger partial charge >= 0.3 is 0 Å². The van der Waals surface area contributed by atoms with Crippen LogP contribution in [0.4, 0.5) is 10.2 Å². The zero-order chi connectivity index (χ0) is 18.1. The van der Waals surface area contributed by atoms with Gasteiger partial charge in [0.15, 0.2) is 17.6 Å². The lowest BCUT2D eigenvalue weighted by Gasteiger charge is -2.21. The number of hydrogen-bond donors (Lipinski definition) is 2. The second kappa shape index (κ2) is 10.2. The number of likely N-dealkylation sites (N-methyl/N-ethyl adjacent to an activating group) is 1. The number of nitrogens with one attached hydrogen (secondary N) is 2. The van der Waals surface area contributed by atoms with Gasteiger partial charge < -0.3 is 20.4 Å². The second-order valence-corrected chi connectivity index (χ2v) is 6.54. The number of pyridine rings is 1. The summed E-state index contributed by atoms with van der Waals surface area (Å²) in [5.74, 6) is 0.977. The van der Waals surface area contributed by atoms with Crippen molar-refractivity contribution in [3.8, 4) is 0 Å². The lowest BCUT2D eigenvalue weighted by atomic mass is 10.3. The summed E-state index contributed by atoms with van der Waals surface area (Å²) in [4.78, 5) is 12.8. The van der Waals surface area contributed by atoms with Crippen molar-refractivity contribution in [1.29, 1.82) is 0 Å². The number of unbranched alkanes of at least 4 members (excludes halogenated alkanes) is 1. The SMILES string of the molecule is CCCCN(C)CCNC(=NC)NC1CCN(c2ncccc2F)C1. The second-order valence-electron chi connectivity index (χ2n) is 6.54. The maximum Gasteiger partial charge on any atom is 0.191 e. The molecule has 1 aliphatic rings. The fourth-order valence-corrected chi connectivity index (χ4v) is 2.97. The normalized spacial score (nSPS) is 18.0. The zero-order valence-corrected chi connectivity index (χ0v) is 15.6. The molecule has 1 saturated heterocycles. The van der Waals surface area contributed by atoms with Gasteiger partial charge in [-0.1, -0.05) is 13.3 Å². The van der Waals surface area contributed by atoms with Gasteiger partial charge in [0, 0.05) is 45.5 Å². The van der Waals surface area contributed by atoms with Crippen molar-refractivity contribution in [2.24, 2.45) is 4.99 Å². The Bertz CT molecular complexity index is 550. The van der Waals surface area contributed by atoms with Crippen LogP contribution in [0.2, 0.25) is 0 Å². The van der Waals surface area contributed by atoms with Crippen LogP contribution in [0.5, 0.6) is 0 Å². The van der Waals surface area contributed by atoms with Crippen molar-refractivity contribution >= 4 is 11.8 Å². The van der Waals surface area contributed by atoms with E-state index in [1.54, 1.807) is 19.3 Å². The summed E-state index contributed by atoms with van der Waals surface area (Å²) in [7, 11) is 3.92. The topological polar surface area (TPSA) is 55.8 Å². The predicted molar refractivity (Wildman–Crippen MR) is 102 cm³/mol. The van der Waals surface area contributed by atoms with Gasteiger partial charge in [-0.15, -0.1) is 0 Å². The molecule has 1 atom stereocenters. The number of halogens is 1. The molecule has 1 aromatic rings. The van der Waals surface area contributed by atoms with Gasteiger partial charge in [0.25, 0.3) is 0 Å². The highest BCUT2D eigenvalue weighted by atomic mass is 19.1. The highest BCUT2D eigenvalue weighted by Crippen LogP contribution is 2.20. The minimum Gasteiger partial charge on any atom is -0.355 e. The molecule has 1 unspecified atom stereocenters. The molecular weight excluding hydrogens is 319 g/mol. The molecule has 0 amide bonds. The van der Waals surface area contributed by atoms with E-state index in [0.29, 0.717) is 5.82 Å². The van der Waals surface area contributed by atoms with E-state index in [4.69, 9.17) is 0 Å². The van der Waals surface area contributed by atoms with Crippen LogP contribution in [0, 0.1) is 5.82 Å². The first-order chi connectivity index (χ1) is 12.1. The summed E-state index contributed by atoms with van der Waals surface area (Å²) in [5, 5.41) is 6.79. The number of rotatable bonds is 8. The fourth-order valence-electron chi connectivity index (χ4n) is 2.97. The van der Waals surface area contributed by atoms with E-state index in [2.05, 4.69) is 39.5 Å². The van der Waals surface area contributed by atoms with Crippen LogP contribution >= 0.6 is 0 Å². The molecule has 0 saturated carbocycles. The van der Waals surface area contributed by atoms with E-state index in [1.165, 1.54) is 18.9 Å². The molecule has 0 radical (unpaired) electrons. The van der Waals surface area contributed by atoms with E-state index in [1.807, 2.05) is 4.90 Å². The van der Waals surface area contributed by atoms with Gasteiger partial charge in [0.1, 0.15) is 0 Å². The minimum atomic E-state index is -0.263. The highest BCUT2D eigenvalue weighted by Gasteiger charge is 2.25. The summed E-state index contributed by atoms with van der Waals surface area (Å²) in [6.07, 6.45) is 5.02. The summed E-state index contributed by atoms with van der Waals surface area (Å²) in [6, 6.07) is 3.32. The summed E-state index contributed by atoms with van der Waals surface area (Å²) in [5.41, 5.74) is 0. The molecule has 2 rings (SSSR count). The number of aliphatic imine (C=N–C) groups is 1. The first-order valence-electron chi connectivity index (χ1n) is 9.15.